The molecular weight excluding hydrogens is 551 g/mol. The van der Waals surface area contributed by atoms with Gasteiger partial charge in [0, 0.05) is 0 Å². The van der Waals surface area contributed by atoms with Crippen LogP contribution in [0.15, 0.2) is 109 Å². The molecule has 0 unspecified atom stereocenters. The Morgan fingerprint density at radius 3 is 1.15 bits per heavy atom. The molecule has 4 heteroatoms. The van der Waals surface area contributed by atoms with Crippen molar-refractivity contribution in [3.63, 3.8) is 0 Å². The van der Waals surface area contributed by atoms with E-state index >= 15 is 0 Å². The average molecular weight is 587 g/mol. The molecule has 0 amide bonds. The van der Waals surface area contributed by atoms with Gasteiger partial charge in [-0.25, -0.2) is 12.1 Å². The topological polar surface area (TPSA) is 0 Å². The second-order valence-corrected chi connectivity index (χ2v) is 29.4. The Kier molecular flexibility index (Phi) is 11.8. The van der Waals surface area contributed by atoms with Crippen LogP contribution in [0.25, 0.3) is 0 Å². The average Bonchev–Trinajstić information content (AvgIpc) is 3.50. The molecule has 0 radical (unpaired) electrons. The molecule has 180 valence electrons. The zero-order valence-electron chi connectivity index (χ0n) is 21.1. The summed E-state index contributed by atoms with van der Waals surface area (Å²) in [6.07, 6.45) is 0. The second kappa shape index (κ2) is 13.8. The first-order valence-electron chi connectivity index (χ1n) is 11.6. The van der Waals surface area contributed by atoms with E-state index in [0.29, 0.717) is 10.8 Å². The summed E-state index contributed by atoms with van der Waals surface area (Å²) >= 11 is -2.26. The van der Waals surface area contributed by atoms with E-state index in [0.717, 1.165) is 0 Å². The van der Waals surface area contributed by atoms with Crippen molar-refractivity contribution in [2.75, 3.05) is 0 Å². The van der Waals surface area contributed by atoms with Gasteiger partial charge in [-0.1, -0.05) is 52.4 Å². The van der Waals surface area contributed by atoms with Crippen LogP contribution in [0.3, 0.4) is 0 Å². The van der Waals surface area contributed by atoms with Crippen molar-refractivity contribution in [3.05, 3.63) is 120 Å². The zero-order chi connectivity index (χ0) is 25.2. The summed E-state index contributed by atoms with van der Waals surface area (Å²) in [5, 5.41) is 2.66. The van der Waals surface area contributed by atoms with E-state index in [1.807, 2.05) is 12.1 Å². The van der Waals surface area contributed by atoms with Crippen LogP contribution in [0.5, 0.6) is 0 Å². The molecule has 4 rings (SSSR count). The van der Waals surface area contributed by atoms with Gasteiger partial charge in [0.05, 0.1) is 0 Å². The second-order valence-electron chi connectivity index (χ2n) is 10.2. The first-order chi connectivity index (χ1) is 16.0. The number of hydrogen-bond donors (Lipinski definition) is 0. The summed E-state index contributed by atoms with van der Waals surface area (Å²) in [6.45, 7) is 13.3. The van der Waals surface area contributed by atoms with E-state index in [9.17, 15) is 0 Å². The number of halogens is 2. The van der Waals surface area contributed by atoms with Crippen LogP contribution < -0.4 is 10.4 Å². The van der Waals surface area contributed by atoms with Crippen LogP contribution in [-0.4, -0.2) is 5.43 Å². The van der Waals surface area contributed by atoms with Gasteiger partial charge in [0.2, 0.25) is 0 Å². The van der Waals surface area contributed by atoms with Gasteiger partial charge in [-0.15, -0.1) is 0 Å². The maximum atomic E-state index is 6.32. The SMILES string of the molecule is CC(C)(C)c1cc[cH-]c1.CC(C)(C)c1cc[cH-]c1.[Cl][Zr]([Cl])=[Si](c1ccccc1)c1ccccc1. The van der Waals surface area contributed by atoms with E-state index in [1.54, 1.807) is 0 Å². The minimum absolute atomic E-state index is 0.323. The predicted octanol–water partition coefficient (Wildman–Crippen LogP) is 8.12. The summed E-state index contributed by atoms with van der Waals surface area (Å²) in [5.74, 6) is 0. The third kappa shape index (κ3) is 9.82. The normalized spacial score (nSPS) is 10.9. The molecule has 0 aliphatic heterocycles. The van der Waals surface area contributed by atoms with Crippen LogP contribution in [0.2, 0.25) is 0 Å². The van der Waals surface area contributed by atoms with E-state index in [4.69, 9.17) is 17.0 Å². The van der Waals surface area contributed by atoms with Crippen molar-refractivity contribution in [2.24, 2.45) is 0 Å². The van der Waals surface area contributed by atoms with Gasteiger partial charge in [0.15, 0.2) is 0 Å². The van der Waals surface area contributed by atoms with Crippen LogP contribution in [0.1, 0.15) is 52.7 Å². The van der Waals surface area contributed by atoms with Gasteiger partial charge >= 0.3 is 111 Å². The van der Waals surface area contributed by atoms with Gasteiger partial charge in [0.1, 0.15) is 0 Å². The van der Waals surface area contributed by atoms with Crippen LogP contribution in [0, 0.1) is 0 Å². The summed E-state index contributed by atoms with van der Waals surface area (Å²) < 4.78 is 0. The Balaban J connectivity index is 0.000000194. The molecule has 0 N–H and O–H groups in total. The number of rotatable bonds is 2. The van der Waals surface area contributed by atoms with Crippen molar-refractivity contribution in [1.29, 1.82) is 0 Å². The molecule has 0 nitrogen and oxygen atoms in total. The maximum absolute atomic E-state index is 6.32. The molecule has 0 spiro atoms. The van der Waals surface area contributed by atoms with Crippen molar-refractivity contribution in [3.8, 4) is 0 Å². The molecule has 0 aromatic heterocycles. The fraction of sp³-hybridized carbons (Fsp3) is 0.267. The van der Waals surface area contributed by atoms with Crippen molar-refractivity contribution in [2.45, 2.75) is 52.4 Å². The Labute approximate surface area is 222 Å². The van der Waals surface area contributed by atoms with E-state index < -0.39 is 23.4 Å². The van der Waals surface area contributed by atoms with Crippen molar-refractivity contribution in [1.82, 2.24) is 0 Å². The Bertz CT molecular complexity index is 1010. The molecule has 0 bridgehead atoms. The molecule has 0 fully saturated rings. The molecule has 0 atom stereocenters. The fourth-order valence-corrected chi connectivity index (χ4v) is 18.6. The van der Waals surface area contributed by atoms with Gasteiger partial charge in [-0.3, -0.25) is 0 Å². The standard InChI is InChI=1S/C12H10Si.2C9H13.2ClH.Zr/c1-3-7-11(8-4-1)13-12-9-5-2-6-10-12;2*1-9(2,3)8-6-4-5-7-8;;;/h1-10H;2*4-7H,1-3H3;2*1H;/q;2*-1;;;+2/p-2. The quantitative estimate of drug-likeness (QED) is 0.164. The van der Waals surface area contributed by atoms with Crippen LogP contribution in [0.4, 0.5) is 0 Å². The summed E-state index contributed by atoms with van der Waals surface area (Å²) in [6, 6.07) is 37.9. The number of hydrogen-bond acceptors (Lipinski definition) is 0. The van der Waals surface area contributed by atoms with E-state index in [-0.39, 0.29) is 0 Å². The molecule has 0 aliphatic rings. The molecule has 0 heterocycles. The van der Waals surface area contributed by atoms with Crippen LogP contribution >= 0.6 is 17.0 Å². The third-order valence-electron chi connectivity index (χ3n) is 5.37. The Morgan fingerprint density at radius 2 is 0.941 bits per heavy atom. The van der Waals surface area contributed by atoms with Gasteiger partial charge in [-0.05, 0) is 0 Å². The third-order valence-corrected chi connectivity index (χ3v) is 21.3. The van der Waals surface area contributed by atoms with Crippen LogP contribution in [-0.2, 0) is 28.8 Å². The molecule has 4 aromatic carbocycles. The molecular formula is C30H36Cl2SiZr-2. The predicted molar refractivity (Wildman–Crippen MR) is 151 cm³/mol. The summed E-state index contributed by atoms with van der Waals surface area (Å²) in [4.78, 5) is 0. The Morgan fingerprint density at radius 1 is 0.588 bits per heavy atom. The minimum atomic E-state index is -2.26. The molecule has 4 aromatic rings. The van der Waals surface area contributed by atoms with Gasteiger partial charge < -0.3 is 0 Å². The first-order valence-corrected chi connectivity index (χ1v) is 23.1. The monoisotopic (exact) mass is 584 g/mol. The van der Waals surface area contributed by atoms with Gasteiger partial charge in [0.25, 0.3) is 0 Å². The molecule has 0 saturated heterocycles. The summed E-state index contributed by atoms with van der Waals surface area (Å²) in [5.41, 5.74) is 2.59. The van der Waals surface area contributed by atoms with Crippen molar-refractivity contribution >= 4 is 32.8 Å². The zero-order valence-corrected chi connectivity index (χ0v) is 26.1. The van der Waals surface area contributed by atoms with E-state index in [2.05, 4.69) is 139 Å². The fourth-order valence-electron chi connectivity index (χ4n) is 3.34. The summed E-state index contributed by atoms with van der Waals surface area (Å²) in [7, 11) is 12.6. The molecule has 0 saturated carbocycles. The number of benzene rings is 2. The Hall–Kier alpha value is -1.18. The van der Waals surface area contributed by atoms with E-state index in [1.165, 1.54) is 21.5 Å². The molecule has 34 heavy (non-hydrogen) atoms. The first kappa shape index (κ1) is 29.1. The molecule has 0 aliphatic carbocycles. The van der Waals surface area contributed by atoms with Crippen molar-refractivity contribution < 1.29 is 18.0 Å². The van der Waals surface area contributed by atoms with Gasteiger partial charge in [-0.2, -0.15) is 47.5 Å².